The van der Waals surface area contributed by atoms with E-state index >= 15 is 0 Å². The zero-order chi connectivity index (χ0) is 12.3. The third-order valence-corrected chi connectivity index (χ3v) is 2.45. The average molecular weight is 228 g/mol. The Bertz CT molecular complexity index is 556. The van der Waals surface area contributed by atoms with Crippen LogP contribution in [0.1, 0.15) is 18.4 Å². The normalized spacial score (nSPS) is 12.1. The summed E-state index contributed by atoms with van der Waals surface area (Å²) >= 11 is 0. The second-order valence-corrected chi connectivity index (χ2v) is 3.94. The summed E-state index contributed by atoms with van der Waals surface area (Å²) in [7, 11) is 0. The summed E-state index contributed by atoms with van der Waals surface area (Å²) in [6, 6.07) is 4.03. The first-order valence-corrected chi connectivity index (χ1v) is 5.34. The summed E-state index contributed by atoms with van der Waals surface area (Å²) in [6.45, 7) is 3.78. The minimum Gasteiger partial charge on any atom is -0.339 e. The number of aryl methyl sites for hydroxylation is 1. The Morgan fingerprint density at radius 1 is 1.53 bits per heavy atom. The average Bonchev–Trinajstić information content (AvgIpc) is 2.78. The van der Waals surface area contributed by atoms with E-state index in [9.17, 15) is 0 Å². The van der Waals surface area contributed by atoms with Crippen LogP contribution in [0.15, 0.2) is 23.0 Å². The maximum absolute atomic E-state index is 8.71. The lowest BCUT2D eigenvalue weighted by molar-refractivity contribution is 0.369. The Hall–Kier alpha value is -2.22. The lowest BCUT2D eigenvalue weighted by Gasteiger charge is -1.97. The lowest BCUT2D eigenvalue weighted by Crippen LogP contribution is -1.96. The number of hydrogen-bond donors (Lipinski definition) is 0. The quantitative estimate of drug-likeness (QED) is 0.804. The second kappa shape index (κ2) is 4.74. The fourth-order valence-corrected chi connectivity index (χ4v) is 1.45. The van der Waals surface area contributed by atoms with Crippen LogP contribution >= 0.6 is 0 Å². The van der Waals surface area contributed by atoms with Gasteiger partial charge in [-0.2, -0.15) is 10.2 Å². The van der Waals surface area contributed by atoms with Gasteiger partial charge >= 0.3 is 0 Å². The van der Waals surface area contributed by atoms with Crippen molar-refractivity contribution < 1.29 is 4.52 Å². The molecule has 5 nitrogen and oxygen atoms in total. The number of aromatic nitrogens is 3. The molecule has 0 aliphatic carbocycles. The molecule has 2 rings (SSSR count). The smallest absolute Gasteiger partial charge is 0.228 e. The van der Waals surface area contributed by atoms with Crippen LogP contribution in [0.4, 0.5) is 0 Å². The topological polar surface area (TPSA) is 75.6 Å². The largest absolute Gasteiger partial charge is 0.339 e. The predicted molar refractivity (Wildman–Crippen MR) is 60.7 cm³/mol. The maximum Gasteiger partial charge on any atom is 0.228 e. The van der Waals surface area contributed by atoms with E-state index in [-0.39, 0.29) is 5.92 Å². The van der Waals surface area contributed by atoms with Crippen LogP contribution in [0, 0.1) is 24.2 Å². The van der Waals surface area contributed by atoms with Gasteiger partial charge in [-0.05, 0) is 25.5 Å². The van der Waals surface area contributed by atoms with Crippen LogP contribution in [0.25, 0.3) is 11.4 Å². The molecule has 1 unspecified atom stereocenters. The van der Waals surface area contributed by atoms with Gasteiger partial charge < -0.3 is 4.52 Å². The summed E-state index contributed by atoms with van der Waals surface area (Å²) in [6.07, 6.45) is 3.90. The molecule has 5 heteroatoms. The summed E-state index contributed by atoms with van der Waals surface area (Å²) in [5.41, 5.74) is 1.90. The van der Waals surface area contributed by atoms with E-state index in [1.54, 1.807) is 12.4 Å². The Morgan fingerprint density at radius 2 is 2.35 bits per heavy atom. The van der Waals surface area contributed by atoms with Crippen molar-refractivity contribution in [2.24, 2.45) is 5.92 Å². The molecule has 0 bridgehead atoms. The molecule has 86 valence electrons. The van der Waals surface area contributed by atoms with Gasteiger partial charge in [0.25, 0.3) is 0 Å². The van der Waals surface area contributed by atoms with E-state index < -0.39 is 0 Å². The summed E-state index contributed by atoms with van der Waals surface area (Å²) in [5, 5.41) is 12.6. The number of rotatable bonds is 3. The number of hydrogen-bond acceptors (Lipinski definition) is 5. The minimum atomic E-state index is -0.127. The highest BCUT2D eigenvalue weighted by atomic mass is 16.5. The molecule has 0 amide bonds. The van der Waals surface area contributed by atoms with Crippen molar-refractivity contribution in [3.05, 3.63) is 29.9 Å². The first-order chi connectivity index (χ1) is 8.20. The van der Waals surface area contributed by atoms with Crippen LogP contribution in [0.3, 0.4) is 0 Å². The molecular formula is C12H12N4O. The Labute approximate surface area is 99.1 Å². The van der Waals surface area contributed by atoms with Crippen molar-refractivity contribution >= 4 is 0 Å². The Balaban J connectivity index is 2.25. The maximum atomic E-state index is 8.71. The molecule has 0 aliphatic heterocycles. The molecule has 0 aromatic carbocycles. The predicted octanol–water partition coefficient (Wildman–Crippen LogP) is 2.14. The highest BCUT2D eigenvalue weighted by Gasteiger charge is 2.13. The summed E-state index contributed by atoms with van der Waals surface area (Å²) in [4.78, 5) is 8.29. The van der Waals surface area contributed by atoms with Gasteiger partial charge in [-0.25, -0.2) is 0 Å². The molecule has 0 spiro atoms. The highest BCUT2D eigenvalue weighted by Crippen LogP contribution is 2.19. The molecule has 1 atom stereocenters. The van der Waals surface area contributed by atoms with Crippen molar-refractivity contribution in [1.29, 1.82) is 5.26 Å². The lowest BCUT2D eigenvalue weighted by atomic mass is 10.1. The van der Waals surface area contributed by atoms with Crippen LogP contribution in [0.5, 0.6) is 0 Å². The molecule has 0 radical (unpaired) electrons. The number of pyridine rings is 1. The molecular weight excluding hydrogens is 216 g/mol. The van der Waals surface area contributed by atoms with Crippen molar-refractivity contribution in [1.82, 2.24) is 15.1 Å². The van der Waals surface area contributed by atoms with Gasteiger partial charge in [0.1, 0.15) is 0 Å². The Morgan fingerprint density at radius 3 is 3.06 bits per heavy atom. The molecule has 0 fully saturated rings. The van der Waals surface area contributed by atoms with Crippen LogP contribution in [-0.2, 0) is 6.42 Å². The molecule has 2 aromatic rings. The molecule has 2 heterocycles. The van der Waals surface area contributed by atoms with E-state index in [0.29, 0.717) is 18.1 Å². The van der Waals surface area contributed by atoms with Gasteiger partial charge in [0.2, 0.25) is 11.7 Å². The minimum absolute atomic E-state index is 0.127. The molecule has 0 saturated carbocycles. The molecule has 2 aromatic heterocycles. The van der Waals surface area contributed by atoms with E-state index in [4.69, 9.17) is 9.78 Å². The monoisotopic (exact) mass is 228 g/mol. The standard InChI is InChI=1S/C12H12N4O/c1-8(6-13)5-11-15-12(16-17-11)10-7-14-4-3-9(10)2/h3-4,7-8H,5H2,1-2H3. The first kappa shape index (κ1) is 11.3. The SMILES string of the molecule is Cc1ccncc1-c1noc(CC(C)C#N)n1. The molecule has 0 N–H and O–H groups in total. The van der Waals surface area contributed by atoms with Gasteiger partial charge in [-0.3, -0.25) is 4.98 Å². The van der Waals surface area contributed by atoms with Gasteiger partial charge in [0.15, 0.2) is 0 Å². The van der Waals surface area contributed by atoms with Gasteiger partial charge in [0, 0.05) is 24.4 Å². The van der Waals surface area contributed by atoms with E-state index in [1.165, 1.54) is 0 Å². The third kappa shape index (κ3) is 2.48. The van der Waals surface area contributed by atoms with Crippen LogP contribution in [-0.4, -0.2) is 15.1 Å². The van der Waals surface area contributed by atoms with Gasteiger partial charge in [0.05, 0.1) is 12.0 Å². The fraction of sp³-hybridized carbons (Fsp3) is 0.333. The zero-order valence-electron chi connectivity index (χ0n) is 9.71. The van der Waals surface area contributed by atoms with Crippen molar-refractivity contribution in [2.45, 2.75) is 20.3 Å². The van der Waals surface area contributed by atoms with Crippen molar-refractivity contribution in [2.75, 3.05) is 0 Å². The van der Waals surface area contributed by atoms with Gasteiger partial charge in [-0.15, -0.1) is 0 Å². The zero-order valence-corrected chi connectivity index (χ0v) is 9.71. The molecule has 0 aliphatic rings. The van der Waals surface area contributed by atoms with Crippen molar-refractivity contribution in [3.63, 3.8) is 0 Å². The summed E-state index contributed by atoms with van der Waals surface area (Å²) in [5.74, 6) is 0.881. The van der Waals surface area contributed by atoms with E-state index in [0.717, 1.165) is 11.1 Å². The number of nitriles is 1. The highest BCUT2D eigenvalue weighted by molar-refractivity contribution is 5.57. The van der Waals surface area contributed by atoms with Gasteiger partial charge in [-0.1, -0.05) is 5.16 Å². The summed E-state index contributed by atoms with van der Waals surface area (Å²) < 4.78 is 5.11. The van der Waals surface area contributed by atoms with Crippen LogP contribution < -0.4 is 0 Å². The molecule has 17 heavy (non-hydrogen) atoms. The Kier molecular flexibility index (Phi) is 3.15. The third-order valence-electron chi connectivity index (χ3n) is 2.45. The first-order valence-electron chi connectivity index (χ1n) is 5.34. The van der Waals surface area contributed by atoms with Crippen LogP contribution in [0.2, 0.25) is 0 Å². The second-order valence-electron chi connectivity index (χ2n) is 3.94. The number of nitrogens with zero attached hydrogens (tertiary/aromatic N) is 4. The van der Waals surface area contributed by atoms with E-state index in [1.807, 2.05) is 19.9 Å². The van der Waals surface area contributed by atoms with Crippen molar-refractivity contribution in [3.8, 4) is 17.5 Å². The fourth-order valence-electron chi connectivity index (χ4n) is 1.45. The molecule has 0 saturated heterocycles. The van der Waals surface area contributed by atoms with E-state index in [2.05, 4.69) is 21.2 Å².